The molecule has 1 aliphatic carbocycles. The van der Waals surface area contributed by atoms with Gasteiger partial charge in [-0.25, -0.2) is 4.68 Å². The fourth-order valence-corrected chi connectivity index (χ4v) is 6.79. The number of allylic oxidation sites excluding steroid dienone is 1. The molecule has 0 amide bonds. The van der Waals surface area contributed by atoms with Crippen molar-refractivity contribution in [1.82, 2.24) is 9.78 Å². The van der Waals surface area contributed by atoms with Crippen molar-refractivity contribution in [3.63, 3.8) is 0 Å². The van der Waals surface area contributed by atoms with Crippen LogP contribution in [0.25, 0.3) is 16.5 Å². The minimum atomic E-state index is -4.88. The van der Waals surface area contributed by atoms with Gasteiger partial charge in [-0.3, -0.25) is 9.89 Å². The van der Waals surface area contributed by atoms with Gasteiger partial charge in [0.25, 0.3) is 5.56 Å². The number of fused-ring (bicyclic) bond motifs is 3. The fraction of sp³-hybridized carbons (Fsp3) is 0.364. The van der Waals surface area contributed by atoms with Gasteiger partial charge in [0.1, 0.15) is 5.69 Å². The van der Waals surface area contributed by atoms with Crippen LogP contribution in [0.1, 0.15) is 56.4 Å². The van der Waals surface area contributed by atoms with Crippen LogP contribution in [-0.4, -0.2) is 38.7 Å². The number of halogens is 3. The summed E-state index contributed by atoms with van der Waals surface area (Å²) in [6, 6.07) is 20.2. The van der Waals surface area contributed by atoms with E-state index in [2.05, 4.69) is 55.0 Å². The quantitative estimate of drug-likeness (QED) is 0.253. The summed E-state index contributed by atoms with van der Waals surface area (Å²) in [6.45, 7) is 7.01. The molecule has 0 radical (unpaired) electrons. The van der Waals surface area contributed by atoms with E-state index in [0.29, 0.717) is 0 Å². The van der Waals surface area contributed by atoms with Crippen molar-refractivity contribution >= 4 is 16.5 Å². The van der Waals surface area contributed by atoms with E-state index < -0.39 is 52.5 Å². The Bertz CT molecular complexity index is 1710. The zero-order chi connectivity index (χ0) is 30.0. The molecule has 6 rings (SSSR count). The molecular formula is C33H34F3N3O3. The summed E-state index contributed by atoms with van der Waals surface area (Å²) >= 11 is 0. The number of hydrogen-bond acceptors (Lipinski definition) is 4. The third-order valence-electron chi connectivity index (χ3n) is 8.92. The number of hydrogen-bond donors (Lipinski definition) is 3. The van der Waals surface area contributed by atoms with Gasteiger partial charge in [-0.1, -0.05) is 81.8 Å². The third kappa shape index (κ3) is 4.29. The van der Waals surface area contributed by atoms with E-state index in [1.54, 1.807) is 18.2 Å². The van der Waals surface area contributed by atoms with Crippen LogP contribution in [0.4, 0.5) is 18.9 Å². The zero-order valence-corrected chi connectivity index (χ0v) is 23.7. The van der Waals surface area contributed by atoms with Crippen molar-refractivity contribution in [3.05, 3.63) is 106 Å². The summed E-state index contributed by atoms with van der Waals surface area (Å²) in [5.41, 5.74) is -0.0419. The number of aliphatic hydroxyl groups is 2. The van der Waals surface area contributed by atoms with Crippen LogP contribution in [-0.2, 0) is 11.6 Å². The molecule has 220 valence electrons. The van der Waals surface area contributed by atoms with Crippen LogP contribution >= 0.6 is 0 Å². The van der Waals surface area contributed by atoms with Crippen molar-refractivity contribution in [2.24, 2.45) is 5.92 Å². The highest BCUT2D eigenvalue weighted by molar-refractivity contribution is 5.94. The first kappa shape index (κ1) is 28.3. The van der Waals surface area contributed by atoms with E-state index in [4.69, 9.17) is 0 Å². The molecule has 2 atom stereocenters. The van der Waals surface area contributed by atoms with E-state index >= 15 is 0 Å². The maximum atomic E-state index is 14.1. The number of nitrogens with zero attached hydrogens (tertiary/aromatic N) is 2. The Labute approximate surface area is 241 Å². The van der Waals surface area contributed by atoms with E-state index in [0.717, 1.165) is 51.8 Å². The standard InChI is InChI=1S/C33H34F3N3O3/c1-4-5-17-38-23-16-15-19-11-9-10-14-21(19)27(23)32(2,3)24(38)18-22-28(40)25(29(22)41)26-30(33(34,35)36)37-39(31(26)42)20-12-7-6-8-13-20/h6-16,18,22,25,28-29,37,40-41H,4-5,17H2,1-3H3. The van der Waals surface area contributed by atoms with Gasteiger partial charge in [0.05, 0.1) is 23.5 Å². The lowest BCUT2D eigenvalue weighted by molar-refractivity contribution is -0.145. The average molecular weight is 578 g/mol. The van der Waals surface area contributed by atoms with Crippen LogP contribution in [0.15, 0.2) is 83.3 Å². The van der Waals surface area contributed by atoms with Crippen molar-refractivity contribution in [3.8, 4) is 5.69 Å². The number of unbranched alkanes of at least 4 members (excludes halogenated alkanes) is 1. The Balaban J connectivity index is 1.41. The number of nitrogens with one attached hydrogen (secondary N) is 1. The summed E-state index contributed by atoms with van der Waals surface area (Å²) in [7, 11) is 0. The molecule has 42 heavy (non-hydrogen) atoms. The van der Waals surface area contributed by atoms with Gasteiger partial charge in [0, 0.05) is 35.2 Å². The van der Waals surface area contributed by atoms with Gasteiger partial charge in [-0.15, -0.1) is 0 Å². The summed E-state index contributed by atoms with van der Waals surface area (Å²) in [5.74, 6) is -2.25. The van der Waals surface area contributed by atoms with E-state index in [9.17, 15) is 28.2 Å². The Kier molecular flexibility index (Phi) is 6.85. The molecule has 3 aromatic carbocycles. The molecule has 2 aliphatic rings. The second-order valence-electron chi connectivity index (χ2n) is 11.8. The van der Waals surface area contributed by atoms with Crippen LogP contribution in [0.3, 0.4) is 0 Å². The second-order valence-corrected chi connectivity index (χ2v) is 11.8. The SMILES string of the molecule is CCCCN1C(=CC2C(O)C(c3c(C(F)(F)F)[nH]n(-c4ccccc4)c3=O)C2O)C(C)(C)c2c1ccc1ccccc21. The molecule has 9 heteroatoms. The molecule has 3 N–H and O–H groups in total. The Morgan fingerprint density at radius 1 is 0.976 bits per heavy atom. The summed E-state index contributed by atoms with van der Waals surface area (Å²) in [6.07, 6.45) is -3.96. The largest absolute Gasteiger partial charge is 0.433 e. The van der Waals surface area contributed by atoms with Crippen LogP contribution < -0.4 is 10.5 Å². The zero-order valence-electron chi connectivity index (χ0n) is 23.7. The van der Waals surface area contributed by atoms with Crippen LogP contribution in [0, 0.1) is 5.92 Å². The van der Waals surface area contributed by atoms with E-state index in [-0.39, 0.29) is 5.69 Å². The predicted molar refractivity (Wildman–Crippen MR) is 157 cm³/mol. The van der Waals surface area contributed by atoms with Gasteiger partial charge >= 0.3 is 6.18 Å². The molecule has 0 bridgehead atoms. The lowest BCUT2D eigenvalue weighted by atomic mass is 9.64. The minimum Gasteiger partial charge on any atom is -0.392 e. The molecule has 0 spiro atoms. The minimum absolute atomic E-state index is 0.227. The first-order valence-corrected chi connectivity index (χ1v) is 14.3. The van der Waals surface area contributed by atoms with Crippen LogP contribution in [0.5, 0.6) is 0 Å². The molecule has 6 nitrogen and oxygen atoms in total. The maximum Gasteiger partial charge on any atom is 0.433 e. The average Bonchev–Trinajstić information content (AvgIpc) is 3.41. The molecule has 2 unspecified atom stereocenters. The van der Waals surface area contributed by atoms with E-state index in [1.807, 2.05) is 18.2 Å². The number of alkyl halides is 3. The molecule has 0 saturated heterocycles. The van der Waals surface area contributed by atoms with Crippen molar-refractivity contribution in [2.45, 2.75) is 63.3 Å². The number of H-pyrrole nitrogens is 1. The van der Waals surface area contributed by atoms with Crippen molar-refractivity contribution < 1.29 is 23.4 Å². The molecular weight excluding hydrogens is 543 g/mol. The summed E-state index contributed by atoms with van der Waals surface area (Å²) in [4.78, 5) is 15.6. The Hall–Kier alpha value is -3.82. The summed E-state index contributed by atoms with van der Waals surface area (Å²) in [5, 5.41) is 27.0. The maximum absolute atomic E-state index is 14.1. The van der Waals surface area contributed by atoms with Gasteiger partial charge in [0.2, 0.25) is 0 Å². The molecule has 1 aliphatic heterocycles. The topological polar surface area (TPSA) is 81.5 Å². The van der Waals surface area contributed by atoms with E-state index in [1.165, 1.54) is 12.1 Å². The molecule has 2 heterocycles. The molecule has 1 fully saturated rings. The van der Waals surface area contributed by atoms with Crippen molar-refractivity contribution in [1.29, 1.82) is 0 Å². The summed E-state index contributed by atoms with van der Waals surface area (Å²) < 4.78 is 43.2. The number of aromatic nitrogens is 2. The first-order chi connectivity index (χ1) is 20.0. The lowest BCUT2D eigenvalue weighted by Crippen LogP contribution is -2.55. The van der Waals surface area contributed by atoms with Crippen molar-refractivity contribution in [2.75, 3.05) is 11.4 Å². The molecule has 1 saturated carbocycles. The number of aromatic amines is 1. The highest BCUT2D eigenvalue weighted by Crippen LogP contribution is 2.53. The van der Waals surface area contributed by atoms with Gasteiger partial charge in [-0.2, -0.15) is 13.2 Å². The smallest absolute Gasteiger partial charge is 0.392 e. The molecule has 1 aromatic heterocycles. The van der Waals surface area contributed by atoms with Gasteiger partial charge in [0.15, 0.2) is 0 Å². The normalized spacial score (nSPS) is 24.3. The predicted octanol–water partition coefficient (Wildman–Crippen LogP) is 6.25. The van der Waals surface area contributed by atoms with Crippen LogP contribution in [0.2, 0.25) is 0 Å². The molecule has 4 aromatic rings. The van der Waals surface area contributed by atoms with Gasteiger partial charge < -0.3 is 15.1 Å². The number of anilines is 1. The number of rotatable bonds is 6. The first-order valence-electron chi connectivity index (χ1n) is 14.3. The Morgan fingerprint density at radius 3 is 2.31 bits per heavy atom. The van der Waals surface area contributed by atoms with Gasteiger partial charge in [-0.05, 0) is 41.0 Å². The third-order valence-corrected chi connectivity index (χ3v) is 8.92. The number of benzene rings is 3. The number of aliphatic hydroxyl groups excluding tert-OH is 2. The second kappa shape index (κ2) is 10.2. The highest BCUT2D eigenvalue weighted by Gasteiger charge is 2.55. The lowest BCUT2D eigenvalue weighted by Gasteiger charge is -2.46. The monoisotopic (exact) mass is 577 g/mol. The Morgan fingerprint density at radius 2 is 1.64 bits per heavy atom. The highest BCUT2D eigenvalue weighted by atomic mass is 19.4. The number of para-hydroxylation sites is 1. The fourth-order valence-electron chi connectivity index (χ4n) is 6.79.